The van der Waals surface area contributed by atoms with Crippen LogP contribution in [-0.4, -0.2) is 68.1 Å². The quantitative estimate of drug-likeness (QED) is 0.497. The Labute approximate surface area is 205 Å². The van der Waals surface area contributed by atoms with Crippen molar-refractivity contribution in [1.29, 1.82) is 0 Å². The number of rotatable bonds is 9. The van der Waals surface area contributed by atoms with Crippen molar-refractivity contribution < 1.29 is 14.3 Å². The summed E-state index contributed by atoms with van der Waals surface area (Å²) in [6, 6.07) is 20.8. The highest BCUT2D eigenvalue weighted by molar-refractivity contribution is 6.04. The van der Waals surface area contributed by atoms with Crippen molar-refractivity contribution >= 4 is 23.3 Å². The minimum absolute atomic E-state index is 0.130. The van der Waals surface area contributed by atoms with E-state index in [9.17, 15) is 9.59 Å². The minimum Gasteiger partial charge on any atom is -0.497 e. The van der Waals surface area contributed by atoms with E-state index in [0.29, 0.717) is 24.2 Å². The van der Waals surface area contributed by atoms with Gasteiger partial charge in [-0.3, -0.25) is 14.5 Å². The molecule has 4 rings (SSSR count). The summed E-state index contributed by atoms with van der Waals surface area (Å²) >= 11 is 0. The first-order valence-corrected chi connectivity index (χ1v) is 11.8. The van der Waals surface area contributed by atoms with Crippen LogP contribution in [0.25, 0.3) is 0 Å². The van der Waals surface area contributed by atoms with E-state index < -0.39 is 0 Å². The first kappa shape index (κ1) is 24.2. The van der Waals surface area contributed by atoms with Gasteiger partial charge in [0.05, 0.1) is 24.9 Å². The van der Waals surface area contributed by atoms with E-state index in [4.69, 9.17) is 4.74 Å². The molecule has 8 heteroatoms. The fourth-order valence-electron chi connectivity index (χ4n) is 4.07. The van der Waals surface area contributed by atoms with Gasteiger partial charge >= 0.3 is 0 Å². The van der Waals surface area contributed by atoms with E-state index in [1.807, 2.05) is 48.5 Å². The molecule has 0 aliphatic carbocycles. The SMILES string of the molecule is COc1ccc(CCNC(=O)c2ccccc2NC(=O)CN2CCN(c3ccccn3)CC2)cc1. The Morgan fingerprint density at radius 1 is 0.943 bits per heavy atom. The Kier molecular flexibility index (Phi) is 8.30. The van der Waals surface area contributed by atoms with E-state index in [2.05, 4.69) is 25.4 Å². The van der Waals surface area contributed by atoms with Gasteiger partial charge < -0.3 is 20.3 Å². The fourth-order valence-corrected chi connectivity index (χ4v) is 4.07. The summed E-state index contributed by atoms with van der Waals surface area (Å²) in [4.78, 5) is 34.3. The molecule has 0 bridgehead atoms. The normalized spacial score (nSPS) is 13.8. The largest absolute Gasteiger partial charge is 0.497 e. The van der Waals surface area contributed by atoms with Crippen LogP contribution in [0.5, 0.6) is 5.75 Å². The zero-order chi connectivity index (χ0) is 24.5. The highest BCUT2D eigenvalue weighted by Gasteiger charge is 2.20. The number of benzene rings is 2. The molecule has 1 saturated heterocycles. The Morgan fingerprint density at radius 2 is 1.69 bits per heavy atom. The summed E-state index contributed by atoms with van der Waals surface area (Å²) in [5, 5.41) is 5.87. The Hall–Kier alpha value is -3.91. The first-order valence-electron chi connectivity index (χ1n) is 11.8. The molecule has 0 saturated carbocycles. The highest BCUT2D eigenvalue weighted by Crippen LogP contribution is 2.16. The number of nitrogens with one attached hydrogen (secondary N) is 2. The van der Waals surface area contributed by atoms with Crippen LogP contribution in [0.4, 0.5) is 11.5 Å². The molecule has 2 heterocycles. The molecule has 2 amide bonds. The summed E-state index contributed by atoms with van der Waals surface area (Å²) in [5.74, 6) is 1.43. The monoisotopic (exact) mass is 473 g/mol. The minimum atomic E-state index is -0.210. The van der Waals surface area contributed by atoms with E-state index in [0.717, 1.165) is 43.3 Å². The molecule has 0 radical (unpaired) electrons. The second kappa shape index (κ2) is 12.0. The molecular weight excluding hydrogens is 442 g/mol. The molecule has 3 aromatic rings. The number of ether oxygens (including phenoxy) is 1. The second-order valence-electron chi connectivity index (χ2n) is 8.40. The van der Waals surface area contributed by atoms with Gasteiger partial charge in [0, 0.05) is 38.9 Å². The van der Waals surface area contributed by atoms with E-state index in [-0.39, 0.29) is 18.4 Å². The molecule has 35 heavy (non-hydrogen) atoms. The molecule has 1 aliphatic heterocycles. The van der Waals surface area contributed by atoms with Crippen LogP contribution >= 0.6 is 0 Å². The molecule has 1 aromatic heterocycles. The molecule has 0 spiro atoms. The summed E-state index contributed by atoms with van der Waals surface area (Å²) in [7, 11) is 1.63. The summed E-state index contributed by atoms with van der Waals surface area (Å²) in [5.41, 5.74) is 2.08. The molecule has 1 aliphatic rings. The van der Waals surface area contributed by atoms with Gasteiger partial charge in [-0.2, -0.15) is 0 Å². The third-order valence-corrected chi connectivity index (χ3v) is 6.02. The lowest BCUT2D eigenvalue weighted by Crippen LogP contribution is -2.49. The molecule has 1 fully saturated rings. The van der Waals surface area contributed by atoms with Gasteiger partial charge in [0.2, 0.25) is 5.91 Å². The number of para-hydroxylation sites is 1. The molecule has 8 nitrogen and oxygen atoms in total. The maximum Gasteiger partial charge on any atom is 0.253 e. The smallest absolute Gasteiger partial charge is 0.253 e. The highest BCUT2D eigenvalue weighted by atomic mass is 16.5. The van der Waals surface area contributed by atoms with E-state index >= 15 is 0 Å². The average Bonchev–Trinajstić information content (AvgIpc) is 2.90. The van der Waals surface area contributed by atoms with Crippen LogP contribution in [-0.2, 0) is 11.2 Å². The predicted molar refractivity (Wildman–Crippen MR) is 137 cm³/mol. The molecule has 2 N–H and O–H groups in total. The number of amides is 2. The van der Waals surface area contributed by atoms with Crippen molar-refractivity contribution in [2.24, 2.45) is 0 Å². The van der Waals surface area contributed by atoms with Crippen LogP contribution < -0.4 is 20.3 Å². The van der Waals surface area contributed by atoms with Crippen LogP contribution in [0.1, 0.15) is 15.9 Å². The number of aromatic nitrogens is 1. The third-order valence-electron chi connectivity index (χ3n) is 6.02. The zero-order valence-electron chi connectivity index (χ0n) is 19.9. The van der Waals surface area contributed by atoms with Gasteiger partial charge in [0.1, 0.15) is 11.6 Å². The van der Waals surface area contributed by atoms with Gasteiger partial charge in [-0.1, -0.05) is 30.3 Å². The molecule has 0 unspecified atom stereocenters. The van der Waals surface area contributed by atoms with E-state index in [1.54, 1.807) is 31.5 Å². The molecule has 0 atom stereocenters. The topological polar surface area (TPSA) is 86.8 Å². The van der Waals surface area contributed by atoms with Crippen LogP contribution in [0, 0.1) is 0 Å². The van der Waals surface area contributed by atoms with Gasteiger partial charge in [0.25, 0.3) is 5.91 Å². The van der Waals surface area contributed by atoms with E-state index in [1.165, 1.54) is 0 Å². The van der Waals surface area contributed by atoms with Crippen molar-refractivity contribution in [2.75, 3.05) is 56.6 Å². The molecule has 2 aromatic carbocycles. The summed E-state index contributed by atoms with van der Waals surface area (Å²) < 4.78 is 5.17. The summed E-state index contributed by atoms with van der Waals surface area (Å²) in [6.07, 6.45) is 2.50. The van der Waals surface area contributed by atoms with Gasteiger partial charge in [-0.25, -0.2) is 4.98 Å². The number of hydrogen-bond acceptors (Lipinski definition) is 6. The number of hydrogen-bond donors (Lipinski definition) is 2. The third kappa shape index (κ3) is 6.80. The lowest BCUT2D eigenvalue weighted by Gasteiger charge is -2.34. The number of pyridine rings is 1. The molecule has 182 valence electrons. The predicted octanol–water partition coefficient (Wildman–Crippen LogP) is 2.82. The van der Waals surface area contributed by atoms with Crippen LogP contribution in [0.15, 0.2) is 72.9 Å². The van der Waals surface area contributed by atoms with Gasteiger partial charge in [0.15, 0.2) is 0 Å². The number of carbonyl (C=O) groups excluding carboxylic acids is 2. The number of carbonyl (C=O) groups is 2. The van der Waals surface area contributed by atoms with Crippen molar-refractivity contribution in [2.45, 2.75) is 6.42 Å². The van der Waals surface area contributed by atoms with Crippen molar-refractivity contribution in [3.8, 4) is 5.75 Å². The summed E-state index contributed by atoms with van der Waals surface area (Å²) in [6.45, 7) is 3.96. The standard InChI is InChI=1S/C27H31N5O3/c1-35-22-11-9-21(10-12-22)13-15-29-27(34)23-6-2-3-7-24(23)30-26(33)20-31-16-18-32(19-17-31)25-8-4-5-14-28-25/h2-12,14H,13,15-20H2,1H3,(H,29,34)(H,30,33). The van der Waals surface area contributed by atoms with Crippen LogP contribution in [0.3, 0.4) is 0 Å². The first-order chi connectivity index (χ1) is 17.1. The lowest BCUT2D eigenvalue weighted by atomic mass is 10.1. The van der Waals surface area contributed by atoms with Crippen molar-refractivity contribution in [1.82, 2.24) is 15.2 Å². The number of methoxy groups -OCH3 is 1. The van der Waals surface area contributed by atoms with Crippen molar-refractivity contribution in [3.63, 3.8) is 0 Å². The number of piperazine rings is 1. The maximum absolute atomic E-state index is 12.8. The Bertz CT molecular complexity index is 1110. The van der Waals surface area contributed by atoms with Crippen LogP contribution in [0.2, 0.25) is 0 Å². The molecular formula is C27H31N5O3. The van der Waals surface area contributed by atoms with Gasteiger partial charge in [-0.05, 0) is 48.4 Å². The maximum atomic E-state index is 12.8. The number of nitrogens with zero attached hydrogens (tertiary/aromatic N) is 3. The van der Waals surface area contributed by atoms with Crippen molar-refractivity contribution in [3.05, 3.63) is 84.1 Å². The van der Waals surface area contributed by atoms with Gasteiger partial charge in [-0.15, -0.1) is 0 Å². The Morgan fingerprint density at radius 3 is 2.40 bits per heavy atom. The Balaban J connectivity index is 1.25. The lowest BCUT2D eigenvalue weighted by molar-refractivity contribution is -0.117. The fraction of sp³-hybridized carbons (Fsp3) is 0.296. The zero-order valence-corrected chi connectivity index (χ0v) is 19.9. The average molecular weight is 474 g/mol. The second-order valence-corrected chi connectivity index (χ2v) is 8.40. The number of anilines is 2.